The van der Waals surface area contributed by atoms with Crippen LogP contribution < -0.4 is 19.6 Å². The largest absolute Gasteiger partial charge is 0.493 e. The van der Waals surface area contributed by atoms with Gasteiger partial charge in [-0.25, -0.2) is 9.38 Å². The molecule has 0 fully saturated rings. The Morgan fingerprint density at radius 2 is 1.97 bits per heavy atom. The highest BCUT2D eigenvalue weighted by Crippen LogP contribution is 2.37. The average Bonchev–Trinajstić information content (AvgIpc) is 3.29. The van der Waals surface area contributed by atoms with E-state index in [1.165, 1.54) is 11.3 Å². The number of nitrogens with zero attached hydrogens (tertiary/aromatic N) is 3. The first kappa shape index (κ1) is 19.7. The van der Waals surface area contributed by atoms with Crippen LogP contribution in [0.5, 0.6) is 11.5 Å². The summed E-state index contributed by atoms with van der Waals surface area (Å²) in [5.41, 5.74) is 3.38. The van der Waals surface area contributed by atoms with E-state index in [0.29, 0.717) is 27.6 Å². The summed E-state index contributed by atoms with van der Waals surface area (Å²) in [6.07, 6.45) is 5.30. The number of para-hydroxylation sites is 2. The summed E-state index contributed by atoms with van der Waals surface area (Å²) in [6, 6.07) is 15.2. The zero-order chi connectivity index (χ0) is 21.4. The molecule has 0 aliphatic heterocycles. The molecular formula is C23H16BrN3O3S. The van der Waals surface area contributed by atoms with Crippen molar-refractivity contribution in [1.29, 1.82) is 0 Å². The number of benzene rings is 2. The summed E-state index contributed by atoms with van der Waals surface area (Å²) >= 11 is 4.94. The molecule has 0 bridgehead atoms. The van der Waals surface area contributed by atoms with Crippen LogP contribution in [-0.4, -0.2) is 21.5 Å². The Kier molecular flexibility index (Phi) is 5.17. The minimum Gasteiger partial charge on any atom is -0.493 e. The van der Waals surface area contributed by atoms with Crippen molar-refractivity contribution in [1.82, 2.24) is 14.4 Å². The van der Waals surface area contributed by atoms with Crippen LogP contribution in [0.3, 0.4) is 0 Å². The van der Waals surface area contributed by atoms with Crippen molar-refractivity contribution in [3.05, 3.63) is 91.4 Å². The van der Waals surface area contributed by atoms with Crippen LogP contribution in [0.25, 0.3) is 22.1 Å². The van der Waals surface area contributed by atoms with E-state index >= 15 is 0 Å². The van der Waals surface area contributed by atoms with Crippen LogP contribution in [0.2, 0.25) is 0 Å². The molecule has 0 aliphatic rings. The molecule has 0 saturated heterocycles. The Hall–Kier alpha value is -3.23. The number of fused-ring (bicyclic) bond motifs is 3. The molecule has 5 aromatic rings. The fourth-order valence-electron chi connectivity index (χ4n) is 3.36. The topological polar surface area (TPSA) is 65.7 Å². The third kappa shape index (κ3) is 3.68. The van der Waals surface area contributed by atoms with Gasteiger partial charge in [-0.15, -0.1) is 0 Å². The van der Waals surface area contributed by atoms with Gasteiger partial charge in [0.15, 0.2) is 16.5 Å². The van der Waals surface area contributed by atoms with E-state index in [4.69, 9.17) is 9.47 Å². The number of imidazole rings is 1. The number of ether oxygens (including phenoxy) is 2. The second-order valence-corrected chi connectivity index (χ2v) is 8.68. The predicted molar refractivity (Wildman–Crippen MR) is 125 cm³/mol. The maximum absolute atomic E-state index is 13.0. The van der Waals surface area contributed by atoms with Gasteiger partial charge in [-0.1, -0.05) is 23.5 Å². The van der Waals surface area contributed by atoms with Crippen molar-refractivity contribution in [2.24, 2.45) is 0 Å². The lowest BCUT2D eigenvalue weighted by Crippen LogP contribution is -2.22. The molecule has 3 heterocycles. The third-order valence-electron chi connectivity index (χ3n) is 4.83. The summed E-state index contributed by atoms with van der Waals surface area (Å²) in [4.78, 5) is 22.3. The Morgan fingerprint density at radius 3 is 2.77 bits per heavy atom. The van der Waals surface area contributed by atoms with Crippen molar-refractivity contribution in [3.8, 4) is 11.5 Å². The average molecular weight is 494 g/mol. The fourth-order valence-corrected chi connectivity index (χ4v) is 4.92. The highest BCUT2D eigenvalue weighted by Gasteiger charge is 2.14. The van der Waals surface area contributed by atoms with E-state index in [1.807, 2.05) is 54.6 Å². The van der Waals surface area contributed by atoms with E-state index in [2.05, 4.69) is 25.9 Å². The van der Waals surface area contributed by atoms with Gasteiger partial charge in [-0.2, -0.15) is 0 Å². The van der Waals surface area contributed by atoms with Gasteiger partial charge in [0.05, 0.1) is 27.1 Å². The Balaban J connectivity index is 1.53. The monoisotopic (exact) mass is 493 g/mol. The first-order chi connectivity index (χ1) is 15.1. The molecule has 0 spiro atoms. The second kappa shape index (κ2) is 8.13. The molecule has 0 radical (unpaired) electrons. The standard InChI is InChI=1S/C23H16BrN3O3S/c1-29-19-11-15(10-16(24)21(19)30-13-14-6-8-25-9-7-14)12-20-22(28)27-18-5-3-2-4-17(18)26-23(27)31-20/h2-12H,13H2,1H3/b20-12-. The Bertz CT molecular complexity index is 1510. The molecule has 154 valence electrons. The van der Waals surface area contributed by atoms with Gasteiger partial charge in [0.1, 0.15) is 6.61 Å². The zero-order valence-corrected chi connectivity index (χ0v) is 18.8. The van der Waals surface area contributed by atoms with E-state index < -0.39 is 0 Å². The van der Waals surface area contributed by atoms with Crippen molar-refractivity contribution in [2.45, 2.75) is 6.61 Å². The van der Waals surface area contributed by atoms with Gasteiger partial charge in [0.25, 0.3) is 5.56 Å². The first-order valence-corrected chi connectivity index (χ1v) is 11.1. The molecule has 2 aromatic carbocycles. The van der Waals surface area contributed by atoms with Crippen LogP contribution in [0, 0.1) is 0 Å². The SMILES string of the molecule is COc1cc(/C=c2\sc3nc4ccccc4n3c2=O)cc(Br)c1OCc1ccncc1. The Morgan fingerprint density at radius 1 is 1.16 bits per heavy atom. The van der Waals surface area contributed by atoms with Gasteiger partial charge >= 0.3 is 0 Å². The summed E-state index contributed by atoms with van der Waals surface area (Å²) in [5.74, 6) is 1.18. The molecule has 0 aliphatic carbocycles. The normalized spacial score (nSPS) is 12.0. The third-order valence-corrected chi connectivity index (χ3v) is 6.39. The lowest BCUT2D eigenvalue weighted by Gasteiger charge is -2.13. The molecule has 5 rings (SSSR count). The number of methoxy groups -OCH3 is 1. The summed E-state index contributed by atoms with van der Waals surface area (Å²) in [7, 11) is 1.59. The molecule has 8 heteroatoms. The van der Waals surface area contributed by atoms with E-state index in [1.54, 1.807) is 23.9 Å². The molecule has 0 atom stereocenters. The van der Waals surface area contributed by atoms with Crippen molar-refractivity contribution < 1.29 is 9.47 Å². The van der Waals surface area contributed by atoms with Crippen molar-refractivity contribution in [2.75, 3.05) is 7.11 Å². The number of aromatic nitrogens is 3. The predicted octanol–water partition coefficient (Wildman–Crippen LogP) is 4.20. The number of pyridine rings is 1. The molecule has 3 aromatic heterocycles. The first-order valence-electron chi connectivity index (χ1n) is 9.45. The van der Waals surface area contributed by atoms with Crippen LogP contribution >= 0.6 is 27.3 Å². The van der Waals surface area contributed by atoms with Gasteiger partial charge < -0.3 is 9.47 Å². The maximum atomic E-state index is 13.0. The number of halogens is 1. The molecule has 0 saturated carbocycles. The van der Waals surface area contributed by atoms with E-state index in [9.17, 15) is 4.79 Å². The lowest BCUT2D eigenvalue weighted by atomic mass is 10.2. The Labute approximate surface area is 189 Å². The second-order valence-electron chi connectivity index (χ2n) is 6.81. The van der Waals surface area contributed by atoms with Gasteiger partial charge in [-0.05, 0) is 69.5 Å². The van der Waals surface area contributed by atoms with Gasteiger partial charge in [0.2, 0.25) is 0 Å². The van der Waals surface area contributed by atoms with Crippen molar-refractivity contribution >= 4 is 49.3 Å². The van der Waals surface area contributed by atoms with Crippen molar-refractivity contribution in [3.63, 3.8) is 0 Å². The number of hydrogen-bond donors (Lipinski definition) is 0. The molecule has 6 nitrogen and oxygen atoms in total. The fraction of sp³-hybridized carbons (Fsp3) is 0.0870. The molecule has 0 N–H and O–H groups in total. The van der Waals surface area contributed by atoms with Crippen LogP contribution in [0.1, 0.15) is 11.1 Å². The van der Waals surface area contributed by atoms with Crippen LogP contribution in [-0.2, 0) is 6.61 Å². The van der Waals surface area contributed by atoms with Crippen LogP contribution in [0.4, 0.5) is 0 Å². The van der Waals surface area contributed by atoms with E-state index in [0.717, 1.165) is 26.6 Å². The van der Waals surface area contributed by atoms with Gasteiger partial charge in [0, 0.05) is 12.4 Å². The smallest absolute Gasteiger partial charge is 0.274 e. The minimum absolute atomic E-state index is 0.0817. The quantitative estimate of drug-likeness (QED) is 0.367. The van der Waals surface area contributed by atoms with Gasteiger partial charge in [-0.3, -0.25) is 9.78 Å². The summed E-state index contributed by atoms with van der Waals surface area (Å²) < 4.78 is 14.5. The number of thiazole rings is 1. The zero-order valence-electron chi connectivity index (χ0n) is 16.4. The number of hydrogen-bond acceptors (Lipinski definition) is 6. The molecule has 0 amide bonds. The van der Waals surface area contributed by atoms with E-state index in [-0.39, 0.29) is 5.56 Å². The number of rotatable bonds is 5. The van der Waals surface area contributed by atoms with Crippen LogP contribution in [0.15, 0.2) is 70.2 Å². The summed E-state index contributed by atoms with van der Waals surface area (Å²) in [6.45, 7) is 0.389. The lowest BCUT2D eigenvalue weighted by molar-refractivity contribution is 0.282. The molecular weight excluding hydrogens is 478 g/mol. The molecule has 0 unspecified atom stereocenters. The summed E-state index contributed by atoms with van der Waals surface area (Å²) in [5, 5.41) is 0. The highest BCUT2D eigenvalue weighted by atomic mass is 79.9. The maximum Gasteiger partial charge on any atom is 0.274 e. The highest BCUT2D eigenvalue weighted by molar-refractivity contribution is 9.10. The molecule has 31 heavy (non-hydrogen) atoms. The minimum atomic E-state index is -0.0817.